The van der Waals surface area contributed by atoms with Gasteiger partial charge in [-0.25, -0.2) is 4.79 Å². The van der Waals surface area contributed by atoms with Gasteiger partial charge in [-0.05, 0) is 27.2 Å². The van der Waals surface area contributed by atoms with Gasteiger partial charge in [0.15, 0.2) is 0 Å². The van der Waals surface area contributed by atoms with Gasteiger partial charge >= 0.3 is 6.09 Å². The van der Waals surface area contributed by atoms with Gasteiger partial charge in [0, 0.05) is 12.5 Å². The Balaban J connectivity index is 4.74. The van der Waals surface area contributed by atoms with Crippen LogP contribution in [0.3, 0.4) is 0 Å². The first-order chi connectivity index (χ1) is 9.44. The highest BCUT2D eigenvalue weighted by molar-refractivity contribution is 6.83. The molecule has 0 fully saturated rings. The van der Waals surface area contributed by atoms with E-state index in [1.54, 1.807) is 0 Å². The molecular formula is C16H32N2O2Si. The molecule has 122 valence electrons. The first-order valence-corrected chi connectivity index (χ1v) is 11.2. The van der Waals surface area contributed by atoms with E-state index in [1.165, 1.54) is 0 Å². The maximum Gasteiger partial charge on any atom is 0.407 e. The average Bonchev–Trinajstić information content (AvgIpc) is 2.23. The predicted octanol–water partition coefficient (Wildman–Crippen LogP) is 3.28. The molecule has 0 aromatic rings. The molecule has 1 unspecified atom stereocenters. The second-order valence-corrected chi connectivity index (χ2v) is 12.2. The van der Waals surface area contributed by atoms with Crippen LogP contribution in [0.5, 0.6) is 0 Å². The lowest BCUT2D eigenvalue weighted by molar-refractivity contribution is 0.0497. The summed E-state index contributed by atoms with van der Waals surface area (Å²) in [5.41, 5.74) is 8.97. The molecule has 0 spiro atoms. The van der Waals surface area contributed by atoms with E-state index in [0.717, 1.165) is 12.8 Å². The number of ether oxygens (including phenoxy) is 1. The summed E-state index contributed by atoms with van der Waals surface area (Å²) >= 11 is 0. The van der Waals surface area contributed by atoms with Crippen LogP contribution in [-0.2, 0) is 4.74 Å². The molecule has 2 atom stereocenters. The summed E-state index contributed by atoms with van der Waals surface area (Å²) in [6, 6.07) is -0.262. The number of carbonyl (C=O) groups excluding carboxylic acids is 1. The van der Waals surface area contributed by atoms with Crippen LogP contribution in [0.15, 0.2) is 0 Å². The SMILES string of the molecule is CCCC(N)[C@H](CC#C[Si](C)(C)C)NC(=O)OC(C)(C)C. The summed E-state index contributed by atoms with van der Waals surface area (Å²) in [7, 11) is -1.40. The summed E-state index contributed by atoms with van der Waals surface area (Å²) in [5, 5.41) is 2.87. The predicted molar refractivity (Wildman–Crippen MR) is 91.8 cm³/mol. The Morgan fingerprint density at radius 3 is 2.33 bits per heavy atom. The fourth-order valence-electron chi connectivity index (χ4n) is 1.73. The molecule has 0 aromatic heterocycles. The minimum Gasteiger partial charge on any atom is -0.444 e. The molecule has 4 nitrogen and oxygen atoms in total. The van der Waals surface area contributed by atoms with Crippen molar-refractivity contribution in [3.05, 3.63) is 0 Å². The van der Waals surface area contributed by atoms with E-state index in [2.05, 4.69) is 43.3 Å². The zero-order valence-electron chi connectivity index (χ0n) is 14.7. The highest BCUT2D eigenvalue weighted by Crippen LogP contribution is 2.09. The van der Waals surface area contributed by atoms with Crippen molar-refractivity contribution in [2.75, 3.05) is 0 Å². The monoisotopic (exact) mass is 312 g/mol. The van der Waals surface area contributed by atoms with Crippen molar-refractivity contribution in [3.8, 4) is 11.5 Å². The van der Waals surface area contributed by atoms with E-state index in [0.29, 0.717) is 6.42 Å². The molecule has 0 rings (SSSR count). The smallest absolute Gasteiger partial charge is 0.407 e. The summed E-state index contributed by atoms with van der Waals surface area (Å²) in [4.78, 5) is 11.9. The maximum atomic E-state index is 11.9. The Morgan fingerprint density at radius 2 is 1.90 bits per heavy atom. The minimum atomic E-state index is -1.40. The number of nitrogens with two attached hydrogens (primary N) is 1. The second kappa shape index (κ2) is 8.45. The van der Waals surface area contributed by atoms with E-state index in [4.69, 9.17) is 10.5 Å². The quantitative estimate of drug-likeness (QED) is 0.605. The fraction of sp³-hybridized carbons (Fsp3) is 0.812. The van der Waals surface area contributed by atoms with Crippen LogP contribution < -0.4 is 11.1 Å². The average molecular weight is 313 g/mol. The van der Waals surface area contributed by atoms with Crippen molar-refractivity contribution in [3.63, 3.8) is 0 Å². The van der Waals surface area contributed by atoms with Gasteiger partial charge in [-0.2, -0.15) is 0 Å². The number of hydrogen-bond donors (Lipinski definition) is 2. The highest BCUT2D eigenvalue weighted by Gasteiger charge is 2.22. The molecule has 0 saturated carbocycles. The molecular weight excluding hydrogens is 280 g/mol. The van der Waals surface area contributed by atoms with E-state index in [-0.39, 0.29) is 12.1 Å². The van der Waals surface area contributed by atoms with Crippen LogP contribution in [-0.4, -0.2) is 31.9 Å². The van der Waals surface area contributed by atoms with E-state index in [1.807, 2.05) is 20.8 Å². The molecule has 0 aliphatic rings. The van der Waals surface area contributed by atoms with E-state index < -0.39 is 19.8 Å². The molecule has 3 N–H and O–H groups in total. The number of rotatable bonds is 5. The number of nitrogens with one attached hydrogen (secondary N) is 1. The summed E-state index contributed by atoms with van der Waals surface area (Å²) in [5.74, 6) is 3.19. The van der Waals surface area contributed by atoms with Crippen molar-refractivity contribution in [1.82, 2.24) is 5.32 Å². The van der Waals surface area contributed by atoms with Crippen molar-refractivity contribution >= 4 is 14.2 Å². The zero-order valence-corrected chi connectivity index (χ0v) is 15.7. The lowest BCUT2D eigenvalue weighted by Crippen LogP contribution is -2.48. The van der Waals surface area contributed by atoms with Gasteiger partial charge < -0.3 is 15.8 Å². The maximum absolute atomic E-state index is 11.9. The third-order valence-electron chi connectivity index (χ3n) is 2.63. The number of alkyl carbamates (subject to hydrolysis) is 1. The van der Waals surface area contributed by atoms with Gasteiger partial charge in [-0.1, -0.05) is 33.0 Å². The Hall–Kier alpha value is -0.993. The lowest BCUT2D eigenvalue weighted by Gasteiger charge is -2.26. The Bertz CT molecular complexity index is 386. The third kappa shape index (κ3) is 11.4. The standard InChI is InChI=1S/C16H32N2O2Si/c1-8-10-13(17)14(11-9-12-21(5,6)7)18-15(19)20-16(2,3)4/h13-14H,8,10-11,17H2,1-7H3,(H,18,19)/t13?,14-/m0/s1. The van der Waals surface area contributed by atoms with Gasteiger partial charge in [-0.15, -0.1) is 11.5 Å². The first kappa shape index (κ1) is 20.0. The fourth-order valence-corrected chi connectivity index (χ4v) is 2.36. The van der Waals surface area contributed by atoms with Crippen LogP contribution in [0.1, 0.15) is 47.0 Å². The van der Waals surface area contributed by atoms with Gasteiger partial charge in [0.05, 0.1) is 6.04 Å². The molecule has 0 radical (unpaired) electrons. The molecule has 0 heterocycles. The van der Waals surface area contributed by atoms with Gasteiger partial charge in [0.2, 0.25) is 0 Å². The van der Waals surface area contributed by atoms with Crippen molar-refractivity contribution in [2.24, 2.45) is 5.73 Å². The lowest BCUT2D eigenvalue weighted by atomic mass is 10.0. The summed E-state index contributed by atoms with van der Waals surface area (Å²) in [6.07, 6.45) is 1.99. The molecule has 0 aromatic carbocycles. The topological polar surface area (TPSA) is 64.3 Å². The normalized spacial score (nSPS) is 14.7. The van der Waals surface area contributed by atoms with E-state index >= 15 is 0 Å². The van der Waals surface area contributed by atoms with Crippen molar-refractivity contribution in [2.45, 2.75) is 84.3 Å². The van der Waals surface area contributed by atoms with Crippen molar-refractivity contribution < 1.29 is 9.53 Å². The number of carbonyl (C=O) groups is 1. The second-order valence-electron chi connectivity index (χ2n) is 7.46. The Kier molecular flexibility index (Phi) is 8.05. The molecule has 1 amide bonds. The Labute approximate surface area is 131 Å². The molecule has 5 heteroatoms. The van der Waals surface area contributed by atoms with Crippen LogP contribution in [0, 0.1) is 11.5 Å². The van der Waals surface area contributed by atoms with Crippen LogP contribution >= 0.6 is 0 Å². The minimum absolute atomic E-state index is 0.0987. The van der Waals surface area contributed by atoms with Gasteiger partial charge in [-0.3, -0.25) is 0 Å². The summed E-state index contributed by atoms with van der Waals surface area (Å²) < 4.78 is 5.30. The number of hydrogen-bond acceptors (Lipinski definition) is 3. The summed E-state index contributed by atoms with van der Waals surface area (Å²) in [6.45, 7) is 14.2. The highest BCUT2D eigenvalue weighted by atomic mass is 28.3. The molecule has 0 aliphatic heterocycles. The van der Waals surface area contributed by atoms with Crippen LogP contribution in [0.2, 0.25) is 19.6 Å². The zero-order chi connectivity index (χ0) is 16.7. The Morgan fingerprint density at radius 1 is 1.33 bits per heavy atom. The molecule has 21 heavy (non-hydrogen) atoms. The largest absolute Gasteiger partial charge is 0.444 e. The first-order valence-electron chi connectivity index (χ1n) is 7.69. The van der Waals surface area contributed by atoms with E-state index in [9.17, 15) is 4.79 Å². The molecule has 0 saturated heterocycles. The molecule has 0 aliphatic carbocycles. The van der Waals surface area contributed by atoms with Gasteiger partial charge in [0.1, 0.15) is 13.7 Å². The van der Waals surface area contributed by atoms with Crippen molar-refractivity contribution in [1.29, 1.82) is 0 Å². The number of amides is 1. The third-order valence-corrected chi connectivity index (χ3v) is 3.55. The van der Waals surface area contributed by atoms with Gasteiger partial charge in [0.25, 0.3) is 0 Å². The van der Waals surface area contributed by atoms with Crippen LogP contribution in [0.25, 0.3) is 0 Å². The van der Waals surface area contributed by atoms with Crippen LogP contribution in [0.4, 0.5) is 4.79 Å². The molecule has 0 bridgehead atoms.